The van der Waals surface area contributed by atoms with Gasteiger partial charge in [0.15, 0.2) is 0 Å². The maximum atomic E-state index is 11.2. The van der Waals surface area contributed by atoms with E-state index in [-0.39, 0.29) is 23.5 Å². The van der Waals surface area contributed by atoms with Crippen molar-refractivity contribution in [3.05, 3.63) is 16.4 Å². The topological polar surface area (TPSA) is 147 Å². The van der Waals surface area contributed by atoms with Crippen molar-refractivity contribution in [2.75, 3.05) is 6.61 Å². The third-order valence-electron chi connectivity index (χ3n) is 4.07. The van der Waals surface area contributed by atoms with Crippen LogP contribution in [0.4, 0.5) is 0 Å². The Bertz CT molecular complexity index is 430. The second-order valence-electron chi connectivity index (χ2n) is 5.53. The summed E-state index contributed by atoms with van der Waals surface area (Å²) in [5, 5.41) is 68.1. The number of hydrogen-bond donors (Lipinski definition) is 6. The minimum Gasteiger partial charge on any atom is -0.418 e. The maximum Gasteiger partial charge on any atom is 0.231 e. The first-order valence-corrected chi connectivity index (χ1v) is 6.70. The van der Waals surface area contributed by atoms with E-state index in [1.807, 2.05) is 6.92 Å². The van der Waals surface area contributed by atoms with Gasteiger partial charge in [0, 0.05) is 4.90 Å². The Hall–Kier alpha value is -1.19. The molecule has 8 nitrogen and oxygen atoms in total. The van der Waals surface area contributed by atoms with Gasteiger partial charge in [-0.2, -0.15) is 0 Å². The van der Waals surface area contributed by atoms with Crippen LogP contribution in [-0.4, -0.2) is 72.4 Å². The molecule has 0 amide bonds. The third kappa shape index (κ3) is 3.92. The van der Waals surface area contributed by atoms with Crippen LogP contribution < -0.4 is 0 Å². The summed E-state index contributed by atoms with van der Waals surface area (Å²) >= 11 is 0. The molecule has 0 bridgehead atoms. The van der Waals surface area contributed by atoms with E-state index in [1.54, 1.807) is 6.92 Å². The molecular formula is C13H23NO7. The van der Waals surface area contributed by atoms with Gasteiger partial charge in [-0.05, 0) is 20.3 Å². The van der Waals surface area contributed by atoms with Gasteiger partial charge in [-0.25, -0.2) is 0 Å². The SMILES string of the molecule is CC1=C(C)CC([C@@H](O)[C@@H](O)[C@H](O)[C@H](O)CO)/C(=[N+](\[O-])O)C1. The molecule has 0 fully saturated rings. The van der Waals surface area contributed by atoms with Gasteiger partial charge in [0.1, 0.15) is 18.3 Å². The van der Waals surface area contributed by atoms with Crippen LogP contribution in [0.3, 0.4) is 0 Å². The van der Waals surface area contributed by atoms with Crippen LogP contribution in [0.15, 0.2) is 11.1 Å². The summed E-state index contributed by atoms with van der Waals surface area (Å²) in [5.74, 6) is -0.883. The number of hydrogen-bond acceptors (Lipinski definition) is 7. The largest absolute Gasteiger partial charge is 0.418 e. The van der Waals surface area contributed by atoms with E-state index in [1.165, 1.54) is 0 Å². The fourth-order valence-electron chi connectivity index (χ4n) is 2.48. The van der Waals surface area contributed by atoms with Gasteiger partial charge in [0.05, 0.1) is 25.0 Å². The minimum absolute atomic E-state index is 0.0182. The van der Waals surface area contributed by atoms with Crippen molar-refractivity contribution < 1.29 is 35.6 Å². The van der Waals surface area contributed by atoms with E-state index >= 15 is 0 Å². The number of rotatable bonds is 5. The van der Waals surface area contributed by atoms with Crippen molar-refractivity contribution in [2.24, 2.45) is 5.92 Å². The molecule has 0 aromatic heterocycles. The standard InChI is InChI=1S/C13H23NO7/c1-6-3-8(9(14(20)21)4-7(6)2)11(17)13(19)12(18)10(16)5-15/h8,10-13,15-19H,3-5H2,1-2H3,(H,20,21)/t8?,10-,11-,12-,13-/m1/s1. The molecule has 1 unspecified atom stereocenters. The lowest BCUT2D eigenvalue weighted by atomic mass is 9.78. The van der Waals surface area contributed by atoms with Crippen molar-refractivity contribution in [2.45, 2.75) is 51.1 Å². The average molecular weight is 305 g/mol. The molecule has 0 radical (unpaired) electrons. The molecule has 5 atom stereocenters. The molecule has 0 aliphatic heterocycles. The normalized spacial score (nSPS) is 28.0. The van der Waals surface area contributed by atoms with E-state index in [0.717, 1.165) is 11.1 Å². The molecule has 0 saturated carbocycles. The molecule has 21 heavy (non-hydrogen) atoms. The molecule has 0 saturated heterocycles. The number of nitrogens with zero attached hydrogens (tertiary/aromatic N) is 1. The van der Waals surface area contributed by atoms with Crippen molar-refractivity contribution in [1.82, 2.24) is 0 Å². The van der Waals surface area contributed by atoms with Crippen molar-refractivity contribution in [3.8, 4) is 0 Å². The second kappa shape index (κ2) is 7.19. The summed E-state index contributed by atoms with van der Waals surface area (Å²) in [6.45, 7) is 2.82. The van der Waals surface area contributed by atoms with Crippen LogP contribution in [0.1, 0.15) is 26.7 Å². The van der Waals surface area contributed by atoms with Crippen molar-refractivity contribution >= 4 is 5.71 Å². The first kappa shape index (κ1) is 17.9. The number of aliphatic hydroxyl groups excluding tert-OH is 5. The minimum atomic E-state index is -1.77. The molecule has 0 aromatic carbocycles. The fraction of sp³-hybridized carbons (Fsp3) is 0.769. The summed E-state index contributed by atoms with van der Waals surface area (Å²) in [5.41, 5.74) is 1.78. The zero-order valence-corrected chi connectivity index (χ0v) is 12.0. The van der Waals surface area contributed by atoms with E-state index in [9.17, 15) is 25.6 Å². The van der Waals surface area contributed by atoms with E-state index in [4.69, 9.17) is 10.3 Å². The Balaban J connectivity index is 2.99. The van der Waals surface area contributed by atoms with Gasteiger partial charge in [-0.1, -0.05) is 11.1 Å². The van der Waals surface area contributed by atoms with Gasteiger partial charge < -0.3 is 30.7 Å². The van der Waals surface area contributed by atoms with Crippen LogP contribution >= 0.6 is 0 Å². The number of aliphatic hydroxyl groups is 5. The van der Waals surface area contributed by atoms with Crippen molar-refractivity contribution in [3.63, 3.8) is 0 Å². The molecule has 1 rings (SSSR count). The smallest absolute Gasteiger partial charge is 0.231 e. The predicted octanol–water partition coefficient (Wildman–Crippen LogP) is -1.49. The van der Waals surface area contributed by atoms with Crippen LogP contribution in [0, 0.1) is 11.1 Å². The molecule has 1 aliphatic carbocycles. The average Bonchev–Trinajstić information content (AvgIpc) is 2.46. The van der Waals surface area contributed by atoms with Crippen molar-refractivity contribution in [1.29, 1.82) is 0 Å². The Morgan fingerprint density at radius 3 is 2.19 bits per heavy atom. The summed E-state index contributed by atoms with van der Waals surface area (Å²) in [7, 11) is 0. The summed E-state index contributed by atoms with van der Waals surface area (Å²) in [6.07, 6.45) is -6.32. The number of allylic oxidation sites excluding steroid dienone is 2. The van der Waals surface area contributed by atoms with Crippen LogP contribution in [-0.2, 0) is 0 Å². The molecule has 6 N–H and O–H groups in total. The molecular weight excluding hydrogens is 282 g/mol. The van der Waals surface area contributed by atoms with Crippen LogP contribution in [0.2, 0.25) is 0 Å². The Morgan fingerprint density at radius 2 is 1.71 bits per heavy atom. The molecule has 0 heterocycles. The highest BCUT2D eigenvalue weighted by Crippen LogP contribution is 2.31. The molecule has 122 valence electrons. The van der Waals surface area contributed by atoms with Gasteiger partial charge in [0.25, 0.3) is 0 Å². The van der Waals surface area contributed by atoms with Crippen LogP contribution in [0.25, 0.3) is 0 Å². The second-order valence-corrected chi connectivity index (χ2v) is 5.53. The molecule has 8 heteroatoms. The van der Waals surface area contributed by atoms with E-state index in [0.29, 0.717) is 0 Å². The molecule has 0 aromatic rings. The lowest BCUT2D eigenvalue weighted by molar-refractivity contribution is -0.728. The Kier molecular flexibility index (Phi) is 6.11. The zero-order chi connectivity index (χ0) is 16.3. The lowest BCUT2D eigenvalue weighted by Gasteiger charge is -2.32. The highest BCUT2D eigenvalue weighted by atomic mass is 16.8. The quantitative estimate of drug-likeness (QED) is 0.157. The molecule has 1 aliphatic rings. The predicted molar refractivity (Wildman–Crippen MR) is 72.6 cm³/mol. The summed E-state index contributed by atoms with van der Waals surface area (Å²) < 4.78 is 0. The summed E-state index contributed by atoms with van der Waals surface area (Å²) in [4.78, 5) is -0.328. The lowest BCUT2D eigenvalue weighted by Crippen LogP contribution is -2.51. The van der Waals surface area contributed by atoms with E-state index in [2.05, 4.69) is 0 Å². The monoisotopic (exact) mass is 305 g/mol. The fourth-order valence-corrected chi connectivity index (χ4v) is 2.48. The van der Waals surface area contributed by atoms with Crippen LogP contribution in [0.5, 0.6) is 0 Å². The first-order valence-electron chi connectivity index (χ1n) is 6.70. The molecule has 0 spiro atoms. The maximum absolute atomic E-state index is 11.2. The highest BCUT2D eigenvalue weighted by molar-refractivity contribution is 5.86. The van der Waals surface area contributed by atoms with E-state index < -0.39 is 36.9 Å². The van der Waals surface area contributed by atoms with Gasteiger partial charge >= 0.3 is 0 Å². The van der Waals surface area contributed by atoms with Gasteiger partial charge in [-0.3, -0.25) is 5.21 Å². The van der Waals surface area contributed by atoms with Gasteiger partial charge in [-0.15, -0.1) is 0 Å². The highest BCUT2D eigenvalue weighted by Gasteiger charge is 2.42. The Morgan fingerprint density at radius 1 is 1.14 bits per heavy atom. The zero-order valence-electron chi connectivity index (χ0n) is 12.0. The summed E-state index contributed by atoms with van der Waals surface area (Å²) in [6, 6.07) is 0. The first-order chi connectivity index (χ1) is 9.70. The third-order valence-corrected chi connectivity index (χ3v) is 4.07. The Labute approximate surface area is 122 Å². The van der Waals surface area contributed by atoms with Gasteiger partial charge in [0.2, 0.25) is 5.71 Å².